The number of carbonyl (C=O) groups is 2. The lowest BCUT2D eigenvalue weighted by Crippen LogP contribution is -2.66. The summed E-state index contributed by atoms with van der Waals surface area (Å²) >= 11 is 0. The van der Waals surface area contributed by atoms with Gasteiger partial charge >= 0.3 is 0 Å². The van der Waals surface area contributed by atoms with E-state index in [4.69, 9.17) is 4.43 Å². The number of nitrogens with one attached hydrogen (secondary N) is 1. The third kappa shape index (κ3) is 3.56. The molecule has 1 amide bonds. The molecule has 1 fully saturated rings. The zero-order chi connectivity index (χ0) is 17.4. The highest BCUT2D eigenvalue weighted by molar-refractivity contribution is 6.74. The van der Waals surface area contributed by atoms with Gasteiger partial charge in [0.15, 0.2) is 14.1 Å². The second kappa shape index (κ2) is 6.21. The summed E-state index contributed by atoms with van der Waals surface area (Å²) in [6.45, 7) is 12.7. The highest BCUT2D eigenvalue weighted by atomic mass is 28.4. The monoisotopic (exact) mass is 333 g/mol. The van der Waals surface area contributed by atoms with Crippen molar-refractivity contribution in [3.63, 3.8) is 0 Å². The molecule has 1 N–H and O–H groups in total. The van der Waals surface area contributed by atoms with E-state index in [0.29, 0.717) is 5.56 Å². The van der Waals surface area contributed by atoms with Crippen LogP contribution in [0.4, 0.5) is 0 Å². The number of amides is 1. The maximum absolute atomic E-state index is 12.6. The Morgan fingerprint density at radius 1 is 1.22 bits per heavy atom. The molecule has 1 unspecified atom stereocenters. The van der Waals surface area contributed by atoms with Gasteiger partial charge in [0.05, 0.1) is 12.0 Å². The first-order valence-corrected chi connectivity index (χ1v) is 11.0. The molecule has 0 bridgehead atoms. The minimum atomic E-state index is -1.98. The van der Waals surface area contributed by atoms with Crippen molar-refractivity contribution in [1.29, 1.82) is 0 Å². The van der Waals surface area contributed by atoms with Gasteiger partial charge in [-0.3, -0.25) is 9.59 Å². The molecule has 0 aliphatic carbocycles. The molecule has 0 radical (unpaired) electrons. The molecule has 1 aromatic rings. The molecule has 2 rings (SSSR count). The van der Waals surface area contributed by atoms with Gasteiger partial charge in [-0.05, 0) is 25.1 Å². The molecule has 3 atom stereocenters. The van der Waals surface area contributed by atoms with Crippen LogP contribution in [0.2, 0.25) is 18.1 Å². The molecule has 0 aromatic heterocycles. The van der Waals surface area contributed by atoms with E-state index in [2.05, 4.69) is 39.2 Å². The highest BCUT2D eigenvalue weighted by Crippen LogP contribution is 2.39. The molecule has 1 aliphatic heterocycles. The zero-order valence-electron chi connectivity index (χ0n) is 14.8. The number of carbonyl (C=O) groups excluding carboxylic acids is 2. The van der Waals surface area contributed by atoms with E-state index < -0.39 is 20.3 Å². The molecule has 23 heavy (non-hydrogen) atoms. The zero-order valence-corrected chi connectivity index (χ0v) is 15.8. The van der Waals surface area contributed by atoms with Crippen molar-refractivity contribution in [3.05, 3.63) is 35.9 Å². The highest BCUT2D eigenvalue weighted by Gasteiger charge is 2.50. The predicted octanol–water partition coefficient (Wildman–Crippen LogP) is 3.39. The molecule has 0 saturated carbocycles. The van der Waals surface area contributed by atoms with Crippen LogP contribution < -0.4 is 5.32 Å². The summed E-state index contributed by atoms with van der Waals surface area (Å²) in [6, 6.07) is 8.62. The predicted molar refractivity (Wildman–Crippen MR) is 93.9 cm³/mol. The maximum Gasteiger partial charge on any atom is 0.228 e. The van der Waals surface area contributed by atoms with Gasteiger partial charge < -0.3 is 9.74 Å². The van der Waals surface area contributed by atoms with Gasteiger partial charge in [-0.15, -0.1) is 0 Å². The molecule has 1 heterocycles. The van der Waals surface area contributed by atoms with Crippen LogP contribution >= 0.6 is 0 Å². The van der Waals surface area contributed by atoms with Gasteiger partial charge in [0.1, 0.15) is 6.04 Å². The average molecular weight is 334 g/mol. The Balaban J connectivity index is 2.12. The smallest absolute Gasteiger partial charge is 0.228 e. The largest absolute Gasteiger partial charge is 0.413 e. The van der Waals surface area contributed by atoms with E-state index >= 15 is 0 Å². The Labute approximate surface area is 139 Å². The normalized spacial score (nSPS) is 23.0. The number of Topliss-reactive ketones (excluding diaryl/α,β-unsaturated/α-hetero) is 1. The van der Waals surface area contributed by atoms with Crippen LogP contribution in [0.1, 0.15) is 38.1 Å². The summed E-state index contributed by atoms with van der Waals surface area (Å²) in [7, 11) is -1.98. The van der Waals surface area contributed by atoms with Gasteiger partial charge in [-0.25, -0.2) is 0 Å². The summed E-state index contributed by atoms with van der Waals surface area (Å²) in [6.07, 6.45) is -0.262. The molecular formula is C18H27NO3Si. The molecule has 1 aromatic carbocycles. The van der Waals surface area contributed by atoms with Crippen molar-refractivity contribution < 1.29 is 14.0 Å². The lowest BCUT2D eigenvalue weighted by Gasteiger charge is -2.44. The Hall–Kier alpha value is -1.46. The minimum Gasteiger partial charge on any atom is -0.413 e. The first-order valence-electron chi connectivity index (χ1n) is 8.12. The molecule has 4 nitrogen and oxygen atoms in total. The van der Waals surface area contributed by atoms with Crippen LogP contribution in [0.25, 0.3) is 0 Å². The van der Waals surface area contributed by atoms with Gasteiger partial charge in [0.2, 0.25) is 5.91 Å². The van der Waals surface area contributed by atoms with Crippen LogP contribution in [0.5, 0.6) is 0 Å². The van der Waals surface area contributed by atoms with Gasteiger partial charge in [0.25, 0.3) is 0 Å². The summed E-state index contributed by atoms with van der Waals surface area (Å²) in [4.78, 5) is 24.6. The van der Waals surface area contributed by atoms with Crippen molar-refractivity contribution >= 4 is 20.0 Å². The van der Waals surface area contributed by atoms with E-state index in [9.17, 15) is 9.59 Å². The molecule has 126 valence electrons. The van der Waals surface area contributed by atoms with Crippen molar-refractivity contribution in [2.24, 2.45) is 5.92 Å². The van der Waals surface area contributed by atoms with Gasteiger partial charge in [0, 0.05) is 5.56 Å². The Bertz CT molecular complexity index is 592. The first kappa shape index (κ1) is 17.9. The second-order valence-electron chi connectivity index (χ2n) is 7.83. The molecule has 0 spiro atoms. The SMILES string of the molecule is CC(O[Si](C)(C)C(C)(C)C)[C@@H]1C(=O)N[C@H]1C(=O)c1ccccc1. The Morgan fingerprint density at radius 2 is 1.78 bits per heavy atom. The van der Waals surface area contributed by atoms with E-state index in [0.717, 1.165) is 0 Å². The lowest BCUT2D eigenvalue weighted by molar-refractivity contribution is -0.138. The minimum absolute atomic E-state index is 0.0409. The number of rotatable bonds is 5. The Morgan fingerprint density at radius 3 is 2.26 bits per heavy atom. The third-order valence-corrected chi connectivity index (χ3v) is 9.67. The summed E-state index contributed by atoms with van der Waals surface area (Å²) < 4.78 is 6.32. The summed E-state index contributed by atoms with van der Waals surface area (Å²) in [5.74, 6) is -0.539. The molecule has 1 aliphatic rings. The van der Waals surface area contributed by atoms with E-state index in [1.807, 2.05) is 25.1 Å². The fraction of sp³-hybridized carbons (Fsp3) is 0.556. The lowest BCUT2D eigenvalue weighted by atomic mass is 9.81. The fourth-order valence-electron chi connectivity index (χ4n) is 2.60. The quantitative estimate of drug-likeness (QED) is 0.510. The van der Waals surface area contributed by atoms with Crippen molar-refractivity contribution in [3.8, 4) is 0 Å². The van der Waals surface area contributed by atoms with Crippen molar-refractivity contribution in [2.45, 2.75) is 58.0 Å². The third-order valence-electron chi connectivity index (χ3n) is 5.09. The van der Waals surface area contributed by atoms with Crippen LogP contribution in [-0.4, -0.2) is 32.2 Å². The van der Waals surface area contributed by atoms with E-state index in [1.165, 1.54) is 0 Å². The van der Waals surface area contributed by atoms with Crippen molar-refractivity contribution in [1.82, 2.24) is 5.32 Å². The topological polar surface area (TPSA) is 55.4 Å². The number of hydrogen-bond donors (Lipinski definition) is 1. The fourth-order valence-corrected chi connectivity index (χ4v) is 4.03. The number of hydrogen-bond acceptors (Lipinski definition) is 3. The summed E-state index contributed by atoms with van der Waals surface area (Å²) in [5, 5.41) is 2.81. The molecular weight excluding hydrogens is 306 g/mol. The second-order valence-corrected chi connectivity index (χ2v) is 12.6. The first-order chi connectivity index (χ1) is 10.5. The standard InChI is InChI=1S/C18H27NO3Si/c1-12(22-23(5,6)18(2,3)4)14-15(19-17(14)21)16(20)13-10-8-7-9-11-13/h7-12,14-15H,1-6H3,(H,19,21)/t12?,14-,15+/m0/s1. The van der Waals surface area contributed by atoms with Crippen LogP contribution in [-0.2, 0) is 9.22 Å². The van der Waals surface area contributed by atoms with Crippen molar-refractivity contribution in [2.75, 3.05) is 0 Å². The Kier molecular flexibility index (Phi) is 4.83. The number of benzene rings is 1. The number of ketones is 1. The molecule has 1 saturated heterocycles. The van der Waals surface area contributed by atoms with E-state index in [1.54, 1.807) is 12.1 Å². The maximum atomic E-state index is 12.6. The van der Waals surface area contributed by atoms with E-state index in [-0.39, 0.29) is 22.8 Å². The van der Waals surface area contributed by atoms with Crippen LogP contribution in [0, 0.1) is 5.92 Å². The molecule has 5 heteroatoms. The summed E-state index contributed by atoms with van der Waals surface area (Å²) in [5.41, 5.74) is 0.627. The average Bonchev–Trinajstić information content (AvgIpc) is 2.42. The van der Waals surface area contributed by atoms with Gasteiger partial charge in [-0.2, -0.15) is 0 Å². The van der Waals surface area contributed by atoms with Crippen LogP contribution in [0.3, 0.4) is 0 Å². The number of β-lactam (4-membered cyclic amide) rings is 1. The van der Waals surface area contributed by atoms with Crippen LogP contribution in [0.15, 0.2) is 30.3 Å². The van der Waals surface area contributed by atoms with Gasteiger partial charge in [-0.1, -0.05) is 51.1 Å².